The summed E-state index contributed by atoms with van der Waals surface area (Å²) in [5, 5.41) is 11.1. The van der Waals surface area contributed by atoms with Crippen molar-refractivity contribution < 1.29 is 4.79 Å². The molecule has 1 atom stereocenters. The van der Waals surface area contributed by atoms with Crippen LogP contribution < -0.4 is 4.90 Å². The number of hydrogen-bond acceptors (Lipinski definition) is 5. The summed E-state index contributed by atoms with van der Waals surface area (Å²) >= 11 is 3.23. The van der Waals surface area contributed by atoms with Gasteiger partial charge in [-0.3, -0.25) is 4.79 Å². The highest BCUT2D eigenvalue weighted by Gasteiger charge is 2.28. The van der Waals surface area contributed by atoms with Crippen LogP contribution in [0.5, 0.6) is 0 Å². The molecule has 4 rings (SSSR count). The minimum absolute atomic E-state index is 0.132. The maximum Gasteiger partial charge on any atom is 0.237 e. The summed E-state index contributed by atoms with van der Waals surface area (Å²) in [4.78, 5) is 16.3. The number of aromatic nitrogens is 3. The third-order valence-electron chi connectivity index (χ3n) is 4.88. The van der Waals surface area contributed by atoms with E-state index in [2.05, 4.69) is 46.8 Å². The average molecular weight is 399 g/mol. The summed E-state index contributed by atoms with van der Waals surface area (Å²) in [5.74, 6) is 0.503. The van der Waals surface area contributed by atoms with Crippen LogP contribution in [0, 0.1) is 0 Å². The van der Waals surface area contributed by atoms with E-state index in [4.69, 9.17) is 0 Å². The molecular weight excluding hydrogens is 376 g/mol. The molecule has 1 amide bonds. The largest absolute Gasteiger partial charge is 0.309 e. The molecule has 0 aliphatic carbocycles. The number of hydrogen-bond donors (Lipinski definition) is 0. The Kier molecular flexibility index (Phi) is 5.59. The van der Waals surface area contributed by atoms with Gasteiger partial charge >= 0.3 is 0 Å². The monoisotopic (exact) mass is 398 g/mol. The Morgan fingerprint density at radius 1 is 1.30 bits per heavy atom. The quantitative estimate of drug-likeness (QED) is 0.588. The highest BCUT2D eigenvalue weighted by Crippen LogP contribution is 2.31. The number of anilines is 1. The number of thiophene rings is 1. The Morgan fingerprint density at radius 3 is 3.04 bits per heavy atom. The fourth-order valence-corrected chi connectivity index (χ4v) is 4.96. The van der Waals surface area contributed by atoms with Gasteiger partial charge in [0.05, 0.1) is 5.75 Å². The van der Waals surface area contributed by atoms with E-state index in [1.807, 2.05) is 21.6 Å². The average Bonchev–Trinajstić information content (AvgIpc) is 3.36. The summed E-state index contributed by atoms with van der Waals surface area (Å²) in [6.45, 7) is 2.95. The number of amides is 1. The number of nitrogens with zero attached hydrogens (tertiary/aromatic N) is 4. The number of fused-ring (bicyclic) bond motifs is 1. The first-order valence-corrected chi connectivity index (χ1v) is 11.0. The van der Waals surface area contributed by atoms with Gasteiger partial charge in [-0.1, -0.05) is 36.0 Å². The van der Waals surface area contributed by atoms with Crippen molar-refractivity contribution in [3.63, 3.8) is 0 Å². The topological polar surface area (TPSA) is 51.0 Å². The Hall–Kier alpha value is -2.12. The number of carbonyl (C=O) groups is 1. The first kappa shape index (κ1) is 18.3. The molecule has 3 aromatic rings. The molecule has 0 N–H and O–H groups in total. The van der Waals surface area contributed by atoms with Crippen molar-refractivity contribution in [3.05, 3.63) is 58.5 Å². The van der Waals surface area contributed by atoms with E-state index >= 15 is 0 Å². The van der Waals surface area contributed by atoms with Crippen molar-refractivity contribution in [2.45, 2.75) is 43.9 Å². The molecule has 2 aromatic heterocycles. The van der Waals surface area contributed by atoms with E-state index in [1.54, 1.807) is 17.7 Å². The molecule has 5 nitrogen and oxygen atoms in total. The second-order valence-electron chi connectivity index (χ2n) is 6.71. The molecule has 3 heterocycles. The van der Waals surface area contributed by atoms with E-state index in [9.17, 15) is 4.79 Å². The number of rotatable bonds is 6. The predicted octanol–water partition coefficient (Wildman–Crippen LogP) is 4.04. The SMILES string of the molecule is CC1CCc2ccccc2N1C(=O)CSc1nncn1CCc1cccs1. The number of benzene rings is 1. The van der Waals surface area contributed by atoms with Crippen molar-refractivity contribution in [2.75, 3.05) is 10.7 Å². The van der Waals surface area contributed by atoms with Gasteiger partial charge in [-0.15, -0.1) is 21.5 Å². The molecule has 7 heteroatoms. The molecule has 0 fully saturated rings. The van der Waals surface area contributed by atoms with Crippen LogP contribution >= 0.6 is 23.1 Å². The van der Waals surface area contributed by atoms with Crippen LogP contribution in [0.4, 0.5) is 5.69 Å². The lowest BCUT2D eigenvalue weighted by Gasteiger charge is -2.35. The summed E-state index contributed by atoms with van der Waals surface area (Å²) in [5.41, 5.74) is 2.31. The summed E-state index contributed by atoms with van der Waals surface area (Å²) in [6.07, 6.45) is 4.74. The molecule has 0 spiro atoms. The molecule has 1 aromatic carbocycles. The number of para-hydroxylation sites is 1. The molecule has 27 heavy (non-hydrogen) atoms. The van der Waals surface area contributed by atoms with Gasteiger partial charge in [-0.2, -0.15) is 0 Å². The maximum atomic E-state index is 13.0. The van der Waals surface area contributed by atoms with E-state index in [-0.39, 0.29) is 11.9 Å². The van der Waals surface area contributed by atoms with Crippen LogP contribution in [-0.2, 0) is 24.2 Å². The second kappa shape index (κ2) is 8.27. The summed E-state index contributed by atoms with van der Waals surface area (Å²) in [7, 11) is 0. The van der Waals surface area contributed by atoms with E-state index in [0.717, 1.165) is 36.7 Å². The van der Waals surface area contributed by atoms with Crippen LogP contribution in [0.25, 0.3) is 0 Å². The number of aryl methyl sites for hydroxylation is 3. The molecule has 1 aliphatic heterocycles. The molecule has 1 unspecified atom stereocenters. The third kappa shape index (κ3) is 4.09. The smallest absolute Gasteiger partial charge is 0.237 e. The van der Waals surface area contributed by atoms with Crippen LogP contribution in [0.3, 0.4) is 0 Å². The van der Waals surface area contributed by atoms with Gasteiger partial charge in [0, 0.05) is 23.2 Å². The van der Waals surface area contributed by atoms with Crippen molar-refractivity contribution >= 4 is 34.7 Å². The normalized spacial score (nSPS) is 16.3. The van der Waals surface area contributed by atoms with E-state index in [1.165, 1.54) is 22.2 Å². The lowest BCUT2D eigenvalue weighted by Crippen LogP contribution is -2.43. The third-order valence-corrected chi connectivity index (χ3v) is 6.78. The molecule has 0 radical (unpaired) electrons. The Balaban J connectivity index is 1.41. The molecule has 0 saturated heterocycles. The lowest BCUT2D eigenvalue weighted by molar-refractivity contribution is -0.116. The van der Waals surface area contributed by atoms with E-state index in [0.29, 0.717) is 5.75 Å². The Morgan fingerprint density at radius 2 is 2.19 bits per heavy atom. The van der Waals surface area contributed by atoms with Gasteiger partial charge in [-0.05, 0) is 49.3 Å². The number of carbonyl (C=O) groups excluding carboxylic acids is 1. The summed E-state index contributed by atoms with van der Waals surface area (Å²) < 4.78 is 2.03. The minimum Gasteiger partial charge on any atom is -0.309 e. The standard InChI is InChI=1S/C20H22N4OS2/c1-15-8-9-16-5-2-3-7-18(16)24(15)19(25)13-27-20-22-21-14-23(20)11-10-17-6-4-12-26-17/h2-7,12,14-15H,8-11,13H2,1H3. The van der Waals surface area contributed by atoms with Crippen molar-refractivity contribution in [1.82, 2.24) is 14.8 Å². The van der Waals surface area contributed by atoms with Crippen molar-refractivity contribution in [2.24, 2.45) is 0 Å². The van der Waals surface area contributed by atoms with Crippen molar-refractivity contribution in [1.29, 1.82) is 0 Å². The van der Waals surface area contributed by atoms with Crippen LogP contribution in [0.15, 0.2) is 53.3 Å². The highest BCUT2D eigenvalue weighted by molar-refractivity contribution is 7.99. The van der Waals surface area contributed by atoms with Gasteiger partial charge in [0.2, 0.25) is 5.91 Å². The fourth-order valence-electron chi connectivity index (χ4n) is 3.46. The number of thioether (sulfide) groups is 1. The van der Waals surface area contributed by atoms with Crippen LogP contribution in [0.2, 0.25) is 0 Å². The first-order chi connectivity index (χ1) is 13.2. The van der Waals surface area contributed by atoms with Crippen LogP contribution in [-0.4, -0.2) is 32.5 Å². The first-order valence-electron chi connectivity index (χ1n) is 9.15. The molecular formula is C20H22N4OS2. The molecule has 1 aliphatic rings. The van der Waals surface area contributed by atoms with Gasteiger partial charge < -0.3 is 9.47 Å². The van der Waals surface area contributed by atoms with Gasteiger partial charge in [0.1, 0.15) is 6.33 Å². The van der Waals surface area contributed by atoms with Gasteiger partial charge in [0.15, 0.2) is 5.16 Å². The fraction of sp³-hybridized carbons (Fsp3) is 0.350. The molecule has 0 saturated carbocycles. The van der Waals surface area contributed by atoms with Gasteiger partial charge in [-0.25, -0.2) is 0 Å². The Labute approximate surface area is 167 Å². The second-order valence-corrected chi connectivity index (χ2v) is 8.68. The molecule has 140 valence electrons. The molecule has 0 bridgehead atoms. The van der Waals surface area contributed by atoms with E-state index < -0.39 is 0 Å². The van der Waals surface area contributed by atoms with Crippen molar-refractivity contribution in [3.8, 4) is 0 Å². The van der Waals surface area contributed by atoms with Crippen LogP contribution in [0.1, 0.15) is 23.8 Å². The zero-order valence-electron chi connectivity index (χ0n) is 15.2. The van der Waals surface area contributed by atoms with Gasteiger partial charge in [0.25, 0.3) is 0 Å². The zero-order chi connectivity index (χ0) is 18.6. The maximum absolute atomic E-state index is 13.0. The predicted molar refractivity (Wildman–Crippen MR) is 110 cm³/mol. The minimum atomic E-state index is 0.132. The lowest BCUT2D eigenvalue weighted by atomic mass is 9.97. The summed E-state index contributed by atoms with van der Waals surface area (Å²) in [6, 6.07) is 12.7. The zero-order valence-corrected chi connectivity index (χ0v) is 16.9. The Bertz CT molecular complexity index is 906. The highest BCUT2D eigenvalue weighted by atomic mass is 32.2.